The lowest BCUT2D eigenvalue weighted by molar-refractivity contribution is -0.274. The fourth-order valence-electron chi connectivity index (χ4n) is 4.02. The van der Waals surface area contributed by atoms with E-state index in [1.54, 1.807) is 45.9 Å². The number of halogens is 4. The highest BCUT2D eigenvalue weighted by Crippen LogP contribution is 2.39. The minimum atomic E-state index is -4.89. The molecule has 0 saturated carbocycles. The Bertz CT molecular complexity index is 1760. The molecule has 1 amide bonds. The zero-order valence-corrected chi connectivity index (χ0v) is 25.3. The Kier molecular flexibility index (Phi) is 8.63. The SMILES string of the molecule is CC(C)Oc1cc(OC(F)(F)F)cc(C(C)(C)c2cc(Cl)cc(NC(=O)c3cc4nc(NS(C)(=O)=O)cnc4s3)c2)c1. The van der Waals surface area contributed by atoms with Crippen molar-refractivity contribution in [1.29, 1.82) is 0 Å². The molecule has 0 saturated heterocycles. The second kappa shape index (κ2) is 11.6. The fourth-order valence-corrected chi connectivity index (χ4v) is 5.57. The molecule has 2 aromatic heterocycles. The van der Waals surface area contributed by atoms with Crippen molar-refractivity contribution in [2.75, 3.05) is 16.3 Å². The van der Waals surface area contributed by atoms with Crippen LogP contribution in [0.15, 0.2) is 48.7 Å². The van der Waals surface area contributed by atoms with E-state index in [1.807, 2.05) is 0 Å². The Morgan fingerprint density at radius 3 is 2.33 bits per heavy atom. The van der Waals surface area contributed by atoms with Crippen LogP contribution in [0.3, 0.4) is 0 Å². The van der Waals surface area contributed by atoms with Gasteiger partial charge in [0.15, 0.2) is 5.82 Å². The highest BCUT2D eigenvalue weighted by Gasteiger charge is 2.33. The van der Waals surface area contributed by atoms with Gasteiger partial charge in [0.25, 0.3) is 5.91 Å². The molecular formula is C27H26ClF3N4O5S2. The van der Waals surface area contributed by atoms with Crippen molar-refractivity contribution in [3.05, 3.63) is 69.7 Å². The van der Waals surface area contributed by atoms with Crippen molar-refractivity contribution >= 4 is 60.7 Å². The van der Waals surface area contributed by atoms with E-state index in [0.717, 1.165) is 17.6 Å². The van der Waals surface area contributed by atoms with Crippen molar-refractivity contribution in [1.82, 2.24) is 9.97 Å². The molecule has 4 rings (SSSR count). The number of nitrogens with zero attached hydrogens (tertiary/aromatic N) is 2. The molecule has 0 aliphatic heterocycles. The van der Waals surface area contributed by atoms with Crippen LogP contribution in [0.2, 0.25) is 5.02 Å². The summed E-state index contributed by atoms with van der Waals surface area (Å²) in [4.78, 5) is 22.1. The molecule has 2 N–H and O–H groups in total. The minimum Gasteiger partial charge on any atom is -0.491 e. The molecule has 0 aliphatic rings. The Labute approximate surface area is 249 Å². The van der Waals surface area contributed by atoms with Crippen molar-refractivity contribution < 1.29 is 35.9 Å². The van der Waals surface area contributed by atoms with Crippen LogP contribution in [0.5, 0.6) is 11.5 Å². The molecular weight excluding hydrogens is 617 g/mol. The summed E-state index contributed by atoms with van der Waals surface area (Å²) in [5.74, 6) is -0.701. The number of thiophene rings is 1. The number of alkyl halides is 3. The number of ether oxygens (including phenoxy) is 2. The fraction of sp³-hybridized carbons (Fsp3) is 0.296. The zero-order valence-electron chi connectivity index (χ0n) is 23.0. The molecule has 224 valence electrons. The molecule has 0 unspecified atom stereocenters. The number of hydrogen-bond acceptors (Lipinski definition) is 8. The maximum absolute atomic E-state index is 13.1. The first-order valence-electron chi connectivity index (χ1n) is 12.3. The van der Waals surface area contributed by atoms with E-state index >= 15 is 0 Å². The number of aromatic nitrogens is 2. The second-order valence-electron chi connectivity index (χ2n) is 10.1. The number of nitrogens with one attached hydrogen (secondary N) is 2. The molecule has 0 spiro atoms. The summed E-state index contributed by atoms with van der Waals surface area (Å²) in [6.07, 6.45) is -2.96. The van der Waals surface area contributed by atoms with Crippen LogP contribution >= 0.6 is 22.9 Å². The molecule has 0 fully saturated rings. The lowest BCUT2D eigenvalue weighted by Gasteiger charge is -2.28. The summed E-state index contributed by atoms with van der Waals surface area (Å²) in [5, 5.41) is 3.06. The molecule has 15 heteroatoms. The van der Waals surface area contributed by atoms with Crippen molar-refractivity contribution in [3.63, 3.8) is 0 Å². The van der Waals surface area contributed by atoms with Crippen molar-refractivity contribution in [3.8, 4) is 11.5 Å². The van der Waals surface area contributed by atoms with Crippen molar-refractivity contribution in [2.45, 2.75) is 45.6 Å². The molecule has 0 bridgehead atoms. The quantitative estimate of drug-likeness (QED) is 0.202. The number of fused-ring (bicyclic) bond motifs is 1. The number of hydrogen-bond donors (Lipinski definition) is 2. The van der Waals surface area contributed by atoms with E-state index in [0.29, 0.717) is 27.2 Å². The number of carbonyl (C=O) groups is 1. The number of anilines is 2. The lowest BCUT2D eigenvalue weighted by atomic mass is 9.78. The highest BCUT2D eigenvalue weighted by atomic mass is 35.5. The molecule has 4 aromatic rings. The van der Waals surface area contributed by atoms with Crippen LogP contribution in [0.4, 0.5) is 24.7 Å². The van der Waals surface area contributed by atoms with Gasteiger partial charge in [-0.25, -0.2) is 18.4 Å². The molecule has 9 nitrogen and oxygen atoms in total. The first-order valence-corrected chi connectivity index (χ1v) is 15.4. The standard InChI is InChI=1S/C27H26ClF3N4O5S2/c1-14(2)39-19-8-16(9-20(11-19)40-27(29,30)31)26(3,4)15-6-17(28)10-18(7-15)33-24(36)22-12-21-25(41-22)32-13-23(34-21)35-42(5,37)38/h6-14H,1-5H3,(H,33,36)(H,34,35). The van der Waals surface area contributed by atoms with Gasteiger partial charge in [0.05, 0.1) is 23.4 Å². The molecule has 0 aliphatic carbocycles. The van der Waals surface area contributed by atoms with Gasteiger partial charge in [0.2, 0.25) is 10.0 Å². The average molecular weight is 643 g/mol. The van der Waals surface area contributed by atoms with Crippen LogP contribution in [-0.4, -0.2) is 43.0 Å². The lowest BCUT2D eigenvalue weighted by Crippen LogP contribution is -2.22. The van der Waals surface area contributed by atoms with E-state index in [1.165, 1.54) is 30.5 Å². The van der Waals surface area contributed by atoms with Crippen LogP contribution in [0.1, 0.15) is 48.5 Å². The number of sulfonamides is 1. The van der Waals surface area contributed by atoms with Gasteiger partial charge in [0.1, 0.15) is 21.8 Å². The van der Waals surface area contributed by atoms with Crippen LogP contribution < -0.4 is 19.5 Å². The Hall–Kier alpha value is -3.62. The summed E-state index contributed by atoms with van der Waals surface area (Å²) in [7, 11) is -3.56. The first-order chi connectivity index (χ1) is 19.4. The summed E-state index contributed by atoms with van der Waals surface area (Å²) in [6, 6.07) is 10.4. The summed E-state index contributed by atoms with van der Waals surface area (Å²) in [5.41, 5.74) is 0.821. The number of amides is 1. The third-order valence-electron chi connectivity index (χ3n) is 5.84. The Morgan fingerprint density at radius 1 is 1.02 bits per heavy atom. The van der Waals surface area contributed by atoms with Gasteiger partial charge in [-0.3, -0.25) is 9.52 Å². The normalized spacial score (nSPS) is 12.4. The van der Waals surface area contributed by atoms with Crippen molar-refractivity contribution in [2.24, 2.45) is 0 Å². The average Bonchev–Trinajstić information content (AvgIpc) is 3.24. The maximum atomic E-state index is 13.1. The van der Waals surface area contributed by atoms with E-state index in [4.69, 9.17) is 16.3 Å². The van der Waals surface area contributed by atoms with Gasteiger partial charge >= 0.3 is 6.36 Å². The monoisotopic (exact) mass is 642 g/mol. The number of benzene rings is 2. The Balaban J connectivity index is 1.64. The van der Waals surface area contributed by atoms with E-state index in [-0.39, 0.29) is 27.6 Å². The van der Waals surface area contributed by atoms with E-state index in [9.17, 15) is 26.4 Å². The Morgan fingerprint density at radius 2 is 1.69 bits per heavy atom. The molecule has 2 aromatic carbocycles. The topological polar surface area (TPSA) is 120 Å². The summed E-state index contributed by atoms with van der Waals surface area (Å²) >= 11 is 7.46. The number of rotatable bonds is 9. The van der Waals surface area contributed by atoms with E-state index in [2.05, 4.69) is 24.7 Å². The predicted octanol–water partition coefficient (Wildman–Crippen LogP) is 6.98. The smallest absolute Gasteiger partial charge is 0.491 e. The van der Waals surface area contributed by atoms with Gasteiger partial charge in [-0.1, -0.05) is 25.4 Å². The second-order valence-corrected chi connectivity index (χ2v) is 13.4. The van der Waals surface area contributed by atoms with Crippen LogP contribution in [0, 0.1) is 0 Å². The summed E-state index contributed by atoms with van der Waals surface area (Å²) < 4.78 is 74.2. The van der Waals surface area contributed by atoms with Gasteiger partial charge in [-0.2, -0.15) is 0 Å². The predicted molar refractivity (Wildman–Crippen MR) is 156 cm³/mol. The molecule has 2 heterocycles. The largest absolute Gasteiger partial charge is 0.573 e. The molecule has 0 radical (unpaired) electrons. The van der Waals surface area contributed by atoms with Crippen LogP contribution in [-0.2, 0) is 15.4 Å². The van der Waals surface area contributed by atoms with Gasteiger partial charge in [-0.05, 0) is 61.4 Å². The highest BCUT2D eigenvalue weighted by molar-refractivity contribution is 7.92. The third kappa shape index (κ3) is 8.01. The molecule has 0 atom stereocenters. The zero-order chi connectivity index (χ0) is 31.0. The minimum absolute atomic E-state index is 0.0168. The molecule has 42 heavy (non-hydrogen) atoms. The van der Waals surface area contributed by atoms with Gasteiger partial charge < -0.3 is 14.8 Å². The van der Waals surface area contributed by atoms with E-state index < -0.39 is 33.5 Å². The number of carbonyl (C=O) groups excluding carboxylic acids is 1. The maximum Gasteiger partial charge on any atom is 0.573 e. The van der Waals surface area contributed by atoms with Gasteiger partial charge in [-0.15, -0.1) is 24.5 Å². The summed E-state index contributed by atoms with van der Waals surface area (Å²) in [6.45, 7) is 7.09. The van der Waals surface area contributed by atoms with Crippen LogP contribution in [0.25, 0.3) is 10.3 Å². The third-order valence-corrected chi connectivity index (χ3v) is 7.67. The first kappa shape index (κ1) is 31.3. The van der Waals surface area contributed by atoms with Gasteiger partial charge in [0, 0.05) is 22.2 Å².